The molecule has 1 fully saturated rings. The first-order chi connectivity index (χ1) is 22.6. The zero-order valence-electron chi connectivity index (χ0n) is 26.9. The van der Waals surface area contributed by atoms with Gasteiger partial charge in [-0.2, -0.15) is 0 Å². The Labute approximate surface area is 280 Å². The molecular weight excluding hydrogens is 655 g/mol. The highest BCUT2D eigenvalue weighted by Crippen LogP contribution is 2.57. The van der Waals surface area contributed by atoms with Gasteiger partial charge in [-0.3, -0.25) is 4.79 Å². The number of carboxylic acid groups (broad SMARTS) is 1. The van der Waals surface area contributed by atoms with Crippen LogP contribution in [0.2, 0.25) is 5.02 Å². The normalized spacial score (nSPS) is 16.3. The molecule has 3 aromatic rings. The van der Waals surface area contributed by atoms with Crippen molar-refractivity contribution in [1.29, 1.82) is 0 Å². The summed E-state index contributed by atoms with van der Waals surface area (Å²) in [6.07, 6.45) is -4.50. The van der Waals surface area contributed by atoms with E-state index in [1.54, 1.807) is 63.2 Å². The van der Waals surface area contributed by atoms with Gasteiger partial charge in [0.2, 0.25) is 6.10 Å². The number of benzene rings is 3. The molecule has 48 heavy (non-hydrogen) atoms. The van der Waals surface area contributed by atoms with E-state index in [9.17, 15) is 27.9 Å². The van der Waals surface area contributed by atoms with Crippen LogP contribution >= 0.6 is 11.6 Å². The summed E-state index contributed by atoms with van der Waals surface area (Å²) in [5.41, 5.74) is 2.47. The van der Waals surface area contributed by atoms with Gasteiger partial charge in [-0.1, -0.05) is 42.7 Å². The molecule has 1 aliphatic heterocycles. The molecule has 0 radical (unpaired) electrons. The molecule has 14 heteroatoms. The number of fused-ring (bicyclic) bond motifs is 2. The molecule has 1 heterocycles. The molecule has 1 amide bonds. The quantitative estimate of drug-likeness (QED) is 0.150. The van der Waals surface area contributed by atoms with Crippen LogP contribution in [0.1, 0.15) is 56.3 Å². The third kappa shape index (κ3) is 7.40. The summed E-state index contributed by atoms with van der Waals surface area (Å²) in [5.74, 6) is -1.67. The van der Waals surface area contributed by atoms with Crippen molar-refractivity contribution in [3.05, 3.63) is 76.3 Å². The Kier molecular flexibility index (Phi) is 9.72. The molecule has 256 valence electrons. The van der Waals surface area contributed by atoms with E-state index in [0.29, 0.717) is 44.7 Å². The van der Waals surface area contributed by atoms with Gasteiger partial charge in [0, 0.05) is 51.8 Å². The maximum Gasteiger partial charge on any atom is 0.573 e. The second-order valence-electron chi connectivity index (χ2n) is 12.1. The van der Waals surface area contributed by atoms with Gasteiger partial charge >= 0.3 is 12.3 Å². The van der Waals surface area contributed by atoms with Crippen LogP contribution in [-0.2, 0) is 19.8 Å². The second kappa shape index (κ2) is 13.5. The first kappa shape index (κ1) is 34.7. The minimum atomic E-state index is -4.90. The molecular formula is C34H35ClF3N3O7. The van der Waals surface area contributed by atoms with E-state index < -0.39 is 36.1 Å². The van der Waals surface area contributed by atoms with E-state index >= 15 is 0 Å². The molecule has 3 aromatic carbocycles. The summed E-state index contributed by atoms with van der Waals surface area (Å²) in [6.45, 7) is 5.32. The second-order valence-corrected chi connectivity index (χ2v) is 12.6. The van der Waals surface area contributed by atoms with E-state index in [4.69, 9.17) is 25.9 Å². The van der Waals surface area contributed by atoms with Crippen molar-refractivity contribution in [2.45, 2.75) is 57.5 Å². The summed E-state index contributed by atoms with van der Waals surface area (Å²) >= 11 is 6.26. The van der Waals surface area contributed by atoms with Gasteiger partial charge in [0.05, 0.1) is 25.6 Å². The summed E-state index contributed by atoms with van der Waals surface area (Å²) in [7, 11) is 2.90. The number of amides is 1. The van der Waals surface area contributed by atoms with Crippen LogP contribution in [0, 0.1) is 5.92 Å². The van der Waals surface area contributed by atoms with Gasteiger partial charge in [0.25, 0.3) is 5.91 Å². The third-order valence-electron chi connectivity index (χ3n) is 8.42. The van der Waals surface area contributed by atoms with Crippen molar-refractivity contribution in [3.63, 3.8) is 0 Å². The zero-order valence-corrected chi connectivity index (χ0v) is 27.6. The number of hydrogen-bond acceptors (Lipinski definition) is 8. The molecule has 2 N–H and O–H groups in total. The number of carboxylic acids is 1. The van der Waals surface area contributed by atoms with Crippen LogP contribution < -0.4 is 24.4 Å². The smallest absolute Gasteiger partial charge is 0.497 e. The fourth-order valence-corrected chi connectivity index (χ4v) is 5.96. The number of carbonyl (C=O) groups is 2. The van der Waals surface area contributed by atoms with Crippen LogP contribution in [0.5, 0.6) is 17.2 Å². The molecule has 10 nitrogen and oxygen atoms in total. The van der Waals surface area contributed by atoms with Crippen molar-refractivity contribution in [2.75, 3.05) is 31.0 Å². The zero-order chi connectivity index (χ0) is 35.0. The van der Waals surface area contributed by atoms with E-state index in [-0.39, 0.29) is 17.9 Å². The molecule has 2 unspecified atom stereocenters. The Hall–Kier alpha value is -4.65. The number of aliphatic carboxylic acids is 1. The largest absolute Gasteiger partial charge is 0.573 e. The Balaban J connectivity index is 1.55. The fourth-order valence-electron chi connectivity index (χ4n) is 5.80. The lowest BCUT2D eigenvalue weighted by Gasteiger charge is -2.28. The Morgan fingerprint density at radius 3 is 2.35 bits per heavy atom. The molecule has 2 atom stereocenters. The number of anilines is 2. The van der Waals surface area contributed by atoms with Gasteiger partial charge in [-0.25, -0.2) is 4.79 Å². The molecule has 1 spiro atoms. The lowest BCUT2D eigenvalue weighted by atomic mass is 9.99. The van der Waals surface area contributed by atoms with E-state index in [0.717, 1.165) is 18.4 Å². The highest BCUT2D eigenvalue weighted by molar-refractivity contribution is 6.30. The third-order valence-corrected chi connectivity index (χ3v) is 8.66. The standard InChI is InChI=1S/C34H35ClF3N3O7/c1-18(2)30(32(43)44)48-40-19(3)20-12-22(15-24(13-20)45-4)39-29(25-8-6-21(35)14-28(25)46-5)31(42)41-17-33(10-11-33)26-9-7-23(16-27(26)41)47-34(36,37)38/h6-9,12-16,18,29-30,39H,10-11,17H2,1-5H3,(H,43,44). The number of hydrogen-bond donors (Lipinski definition) is 2. The molecule has 5 rings (SSSR count). The minimum Gasteiger partial charge on any atom is -0.497 e. The van der Waals surface area contributed by atoms with Crippen molar-refractivity contribution in [1.82, 2.24) is 0 Å². The van der Waals surface area contributed by atoms with E-state index in [1.165, 1.54) is 31.3 Å². The minimum absolute atomic E-state index is 0.276. The number of halogens is 4. The van der Waals surface area contributed by atoms with Crippen LogP contribution in [0.25, 0.3) is 0 Å². The highest BCUT2D eigenvalue weighted by Gasteiger charge is 2.54. The average Bonchev–Trinajstić information content (AvgIpc) is 3.74. The highest BCUT2D eigenvalue weighted by atomic mass is 35.5. The van der Waals surface area contributed by atoms with Crippen LogP contribution in [-0.4, -0.2) is 55.9 Å². The van der Waals surface area contributed by atoms with Gasteiger partial charge in [-0.05, 0) is 55.7 Å². The van der Waals surface area contributed by atoms with E-state index in [2.05, 4.69) is 15.2 Å². The Morgan fingerprint density at radius 2 is 1.75 bits per heavy atom. The number of alkyl halides is 3. The number of carbonyl (C=O) groups excluding carboxylic acids is 1. The monoisotopic (exact) mass is 689 g/mol. The first-order valence-electron chi connectivity index (χ1n) is 15.1. The van der Waals surface area contributed by atoms with Crippen LogP contribution in [0.3, 0.4) is 0 Å². The van der Waals surface area contributed by atoms with Crippen molar-refractivity contribution in [3.8, 4) is 17.2 Å². The number of ether oxygens (including phenoxy) is 3. The number of methoxy groups -OCH3 is 2. The summed E-state index contributed by atoms with van der Waals surface area (Å²) in [5, 5.41) is 17.2. The van der Waals surface area contributed by atoms with Crippen LogP contribution in [0.4, 0.5) is 24.5 Å². The van der Waals surface area contributed by atoms with Crippen molar-refractivity contribution < 1.29 is 46.9 Å². The Morgan fingerprint density at radius 1 is 1.02 bits per heavy atom. The summed E-state index contributed by atoms with van der Waals surface area (Å²) in [4.78, 5) is 33.1. The Bertz CT molecular complexity index is 1740. The van der Waals surface area contributed by atoms with Crippen LogP contribution in [0.15, 0.2) is 59.8 Å². The van der Waals surface area contributed by atoms with Gasteiger partial charge in [0.15, 0.2) is 0 Å². The summed E-state index contributed by atoms with van der Waals surface area (Å²) < 4.78 is 54.7. The van der Waals surface area contributed by atoms with Crippen molar-refractivity contribution >= 4 is 40.6 Å². The SMILES string of the molecule is COc1cc(NC(C(=O)N2CC3(CC3)c3ccc(OC(F)(F)F)cc32)c2ccc(Cl)cc2OC)cc(C(C)=NOC(C(=O)O)C(C)C)c1. The molecule has 0 bridgehead atoms. The first-order valence-corrected chi connectivity index (χ1v) is 15.5. The summed E-state index contributed by atoms with van der Waals surface area (Å²) in [6, 6.07) is 12.8. The fraction of sp³-hybridized carbons (Fsp3) is 0.382. The number of nitrogens with one attached hydrogen (secondary N) is 1. The molecule has 2 aliphatic rings. The molecule has 1 saturated carbocycles. The number of rotatable bonds is 12. The lowest BCUT2D eigenvalue weighted by Crippen LogP contribution is -2.38. The number of oxime groups is 1. The maximum atomic E-state index is 14.6. The predicted octanol–water partition coefficient (Wildman–Crippen LogP) is 7.34. The van der Waals surface area contributed by atoms with Gasteiger partial charge in [0.1, 0.15) is 23.3 Å². The maximum absolute atomic E-state index is 14.6. The van der Waals surface area contributed by atoms with Gasteiger partial charge < -0.3 is 34.4 Å². The molecule has 0 saturated heterocycles. The van der Waals surface area contributed by atoms with Crippen molar-refractivity contribution in [2.24, 2.45) is 11.1 Å². The van der Waals surface area contributed by atoms with E-state index in [1.807, 2.05) is 0 Å². The number of nitrogens with zero attached hydrogens (tertiary/aromatic N) is 2. The average molecular weight is 690 g/mol. The van der Waals surface area contributed by atoms with Gasteiger partial charge in [-0.15, -0.1) is 13.2 Å². The topological polar surface area (TPSA) is 119 Å². The molecule has 1 aliphatic carbocycles. The predicted molar refractivity (Wildman–Crippen MR) is 173 cm³/mol. The molecule has 0 aromatic heterocycles. The lowest BCUT2D eigenvalue weighted by molar-refractivity contribution is -0.274.